The smallest absolute Gasteiger partial charge is 0.0169 e. The number of hydrogen-bond donors (Lipinski definition) is 0. The molecule has 0 aromatic heterocycles. The molecule has 3 atom stereocenters. The molecule has 9 heavy (non-hydrogen) atoms. The maximum atomic E-state index is 2.48. The monoisotopic (exact) mass is 122 g/mol. The molecule has 1 fully saturated rings. The average Bonchev–Trinajstić information content (AvgIpc) is 1.92. The first-order valence-corrected chi connectivity index (χ1v) is 3.99. The molecular weight excluding hydrogens is 108 g/mol. The van der Waals surface area contributed by atoms with E-state index in [9.17, 15) is 0 Å². The lowest BCUT2D eigenvalue weighted by Gasteiger charge is -2.29. The number of hydrogen-bond acceptors (Lipinski definition) is 0. The Morgan fingerprint density at radius 2 is 2.22 bits per heavy atom. The highest BCUT2D eigenvalue weighted by Crippen LogP contribution is 2.48. The van der Waals surface area contributed by atoms with Crippen molar-refractivity contribution in [3.8, 4) is 0 Å². The molecule has 0 radical (unpaired) electrons. The van der Waals surface area contributed by atoms with Crippen molar-refractivity contribution < 1.29 is 0 Å². The summed E-state index contributed by atoms with van der Waals surface area (Å²) in [5, 5.41) is 0. The van der Waals surface area contributed by atoms with Crippen LogP contribution in [0.2, 0.25) is 0 Å². The molecule has 0 nitrogen and oxygen atoms in total. The van der Waals surface area contributed by atoms with E-state index in [1.54, 1.807) is 5.57 Å². The summed E-state index contributed by atoms with van der Waals surface area (Å²) in [7, 11) is 0. The van der Waals surface area contributed by atoms with Crippen molar-refractivity contribution >= 4 is 0 Å². The van der Waals surface area contributed by atoms with Crippen LogP contribution in [0, 0.1) is 17.8 Å². The molecule has 0 bridgehead atoms. The number of fused-ring (bicyclic) bond motifs is 1. The predicted molar refractivity (Wildman–Crippen MR) is 39.1 cm³/mol. The molecular formula is C9H14. The first-order chi connectivity index (χ1) is 4.29. The van der Waals surface area contributed by atoms with Gasteiger partial charge in [0.1, 0.15) is 0 Å². The van der Waals surface area contributed by atoms with E-state index in [2.05, 4.69) is 19.9 Å². The highest BCUT2D eigenvalue weighted by Gasteiger charge is 2.36. The second kappa shape index (κ2) is 1.62. The van der Waals surface area contributed by atoms with Crippen molar-refractivity contribution in [3.05, 3.63) is 11.6 Å². The molecule has 0 spiro atoms. The molecule has 0 amide bonds. The van der Waals surface area contributed by atoms with Gasteiger partial charge in [0, 0.05) is 0 Å². The zero-order valence-corrected chi connectivity index (χ0v) is 6.22. The largest absolute Gasteiger partial charge is 0.0819 e. The SMILES string of the molecule is CC1C=C2CCC2C1C. The van der Waals surface area contributed by atoms with Gasteiger partial charge in [-0.05, 0) is 30.6 Å². The summed E-state index contributed by atoms with van der Waals surface area (Å²) in [6.07, 6.45) is 5.36. The second-order valence-electron chi connectivity index (χ2n) is 3.60. The summed E-state index contributed by atoms with van der Waals surface area (Å²) < 4.78 is 0. The molecule has 50 valence electrons. The normalized spacial score (nSPS) is 47.8. The van der Waals surface area contributed by atoms with Gasteiger partial charge >= 0.3 is 0 Å². The molecule has 0 N–H and O–H groups in total. The Kier molecular flexibility index (Phi) is 0.992. The summed E-state index contributed by atoms with van der Waals surface area (Å²) in [5.41, 5.74) is 1.76. The molecule has 2 aliphatic rings. The van der Waals surface area contributed by atoms with Crippen molar-refractivity contribution in [2.24, 2.45) is 17.8 Å². The third-order valence-electron chi connectivity index (χ3n) is 3.16. The van der Waals surface area contributed by atoms with E-state index in [1.165, 1.54) is 12.8 Å². The van der Waals surface area contributed by atoms with Gasteiger partial charge in [-0.25, -0.2) is 0 Å². The van der Waals surface area contributed by atoms with Crippen LogP contribution in [0.3, 0.4) is 0 Å². The first-order valence-electron chi connectivity index (χ1n) is 3.99. The molecule has 0 aromatic rings. The zero-order chi connectivity index (χ0) is 6.43. The highest BCUT2D eigenvalue weighted by molar-refractivity contribution is 5.23. The van der Waals surface area contributed by atoms with Crippen LogP contribution in [-0.2, 0) is 0 Å². The van der Waals surface area contributed by atoms with Crippen LogP contribution < -0.4 is 0 Å². The summed E-state index contributed by atoms with van der Waals surface area (Å²) >= 11 is 0. The Balaban J connectivity index is 2.20. The van der Waals surface area contributed by atoms with Crippen molar-refractivity contribution in [2.75, 3.05) is 0 Å². The maximum Gasteiger partial charge on any atom is -0.0169 e. The summed E-state index contributed by atoms with van der Waals surface area (Å²) in [6, 6.07) is 0. The summed E-state index contributed by atoms with van der Waals surface area (Å²) in [5.74, 6) is 2.82. The summed E-state index contributed by atoms with van der Waals surface area (Å²) in [4.78, 5) is 0. The molecule has 0 aromatic carbocycles. The third kappa shape index (κ3) is 0.593. The van der Waals surface area contributed by atoms with Gasteiger partial charge in [-0.1, -0.05) is 25.5 Å². The molecule has 1 saturated carbocycles. The van der Waals surface area contributed by atoms with Gasteiger partial charge in [-0.2, -0.15) is 0 Å². The highest BCUT2D eigenvalue weighted by atomic mass is 14.4. The quantitative estimate of drug-likeness (QED) is 0.433. The third-order valence-corrected chi connectivity index (χ3v) is 3.16. The fraction of sp³-hybridized carbons (Fsp3) is 0.778. The molecule has 2 rings (SSSR count). The Labute approximate surface area is 57.0 Å². The fourth-order valence-corrected chi connectivity index (χ4v) is 2.14. The van der Waals surface area contributed by atoms with Crippen LogP contribution in [-0.4, -0.2) is 0 Å². The Hall–Kier alpha value is -0.260. The molecule has 0 heteroatoms. The fourth-order valence-electron chi connectivity index (χ4n) is 2.14. The van der Waals surface area contributed by atoms with Crippen LogP contribution in [0.5, 0.6) is 0 Å². The number of allylic oxidation sites excluding steroid dienone is 2. The van der Waals surface area contributed by atoms with Crippen LogP contribution in [0.25, 0.3) is 0 Å². The molecule has 0 aliphatic heterocycles. The lowest BCUT2D eigenvalue weighted by Crippen LogP contribution is -2.19. The van der Waals surface area contributed by atoms with Gasteiger partial charge in [0.2, 0.25) is 0 Å². The Morgan fingerprint density at radius 3 is 2.44 bits per heavy atom. The minimum Gasteiger partial charge on any atom is -0.0819 e. The lowest BCUT2D eigenvalue weighted by atomic mass is 9.76. The van der Waals surface area contributed by atoms with Crippen LogP contribution in [0.1, 0.15) is 26.7 Å². The van der Waals surface area contributed by atoms with Crippen LogP contribution in [0.4, 0.5) is 0 Å². The van der Waals surface area contributed by atoms with Crippen LogP contribution >= 0.6 is 0 Å². The van der Waals surface area contributed by atoms with Gasteiger partial charge in [0.05, 0.1) is 0 Å². The predicted octanol–water partition coefficient (Wildman–Crippen LogP) is 2.61. The standard InChI is InChI=1S/C9H14/c1-6-5-8-3-4-9(8)7(6)2/h5-7,9H,3-4H2,1-2H3. The topological polar surface area (TPSA) is 0 Å². The molecule has 0 saturated heterocycles. The van der Waals surface area contributed by atoms with E-state index in [-0.39, 0.29) is 0 Å². The van der Waals surface area contributed by atoms with Crippen LogP contribution in [0.15, 0.2) is 11.6 Å². The molecule has 2 aliphatic carbocycles. The minimum atomic E-state index is 0.868. The van der Waals surface area contributed by atoms with E-state index in [1.807, 2.05) is 0 Å². The summed E-state index contributed by atoms with van der Waals surface area (Å²) in [6.45, 7) is 4.73. The lowest BCUT2D eigenvalue weighted by molar-refractivity contribution is 0.306. The van der Waals surface area contributed by atoms with E-state index in [0.717, 1.165) is 17.8 Å². The van der Waals surface area contributed by atoms with Gasteiger partial charge in [0.15, 0.2) is 0 Å². The molecule has 0 heterocycles. The van der Waals surface area contributed by atoms with E-state index in [0.29, 0.717) is 0 Å². The van der Waals surface area contributed by atoms with Crippen molar-refractivity contribution in [1.29, 1.82) is 0 Å². The van der Waals surface area contributed by atoms with Gasteiger partial charge in [-0.3, -0.25) is 0 Å². The Morgan fingerprint density at radius 1 is 1.44 bits per heavy atom. The van der Waals surface area contributed by atoms with Crippen molar-refractivity contribution in [2.45, 2.75) is 26.7 Å². The Bertz CT molecular complexity index is 155. The molecule has 3 unspecified atom stereocenters. The van der Waals surface area contributed by atoms with E-state index in [4.69, 9.17) is 0 Å². The van der Waals surface area contributed by atoms with E-state index >= 15 is 0 Å². The second-order valence-corrected chi connectivity index (χ2v) is 3.60. The number of rotatable bonds is 0. The van der Waals surface area contributed by atoms with Gasteiger partial charge < -0.3 is 0 Å². The van der Waals surface area contributed by atoms with Crippen molar-refractivity contribution in [1.82, 2.24) is 0 Å². The zero-order valence-electron chi connectivity index (χ0n) is 6.22. The van der Waals surface area contributed by atoms with E-state index < -0.39 is 0 Å². The first kappa shape index (κ1) is 5.52. The average molecular weight is 122 g/mol. The van der Waals surface area contributed by atoms with Crippen molar-refractivity contribution in [3.63, 3.8) is 0 Å². The maximum absolute atomic E-state index is 2.48. The van der Waals surface area contributed by atoms with Gasteiger partial charge in [0.25, 0.3) is 0 Å². The van der Waals surface area contributed by atoms with Gasteiger partial charge in [-0.15, -0.1) is 0 Å². The minimum absolute atomic E-state index is 0.868.